The molecule has 3 aromatic rings. The predicted octanol–water partition coefficient (Wildman–Crippen LogP) is 3.33. The van der Waals surface area contributed by atoms with Gasteiger partial charge < -0.3 is 4.52 Å². The summed E-state index contributed by atoms with van der Waals surface area (Å²) in [6.45, 7) is 0. The van der Waals surface area contributed by atoms with E-state index in [0.29, 0.717) is 23.0 Å². The lowest BCUT2D eigenvalue weighted by atomic mass is 10.2. The van der Waals surface area contributed by atoms with Crippen molar-refractivity contribution in [3.63, 3.8) is 0 Å². The van der Waals surface area contributed by atoms with Crippen molar-refractivity contribution in [2.45, 2.75) is 10.8 Å². The molecular formula is C14H10N4O3S. The summed E-state index contributed by atoms with van der Waals surface area (Å²) in [5.74, 6) is 1.40. The molecule has 0 saturated heterocycles. The van der Waals surface area contributed by atoms with Crippen molar-refractivity contribution in [2.75, 3.05) is 0 Å². The lowest BCUT2D eigenvalue weighted by Gasteiger charge is -1.95. The fourth-order valence-electron chi connectivity index (χ4n) is 1.73. The van der Waals surface area contributed by atoms with Gasteiger partial charge in [0.1, 0.15) is 0 Å². The van der Waals surface area contributed by atoms with E-state index in [1.54, 1.807) is 18.3 Å². The fourth-order valence-corrected chi connectivity index (χ4v) is 2.43. The lowest BCUT2D eigenvalue weighted by Crippen LogP contribution is -1.88. The van der Waals surface area contributed by atoms with Gasteiger partial charge in [-0.15, -0.1) is 0 Å². The van der Waals surface area contributed by atoms with E-state index in [4.69, 9.17) is 4.52 Å². The van der Waals surface area contributed by atoms with Crippen molar-refractivity contribution in [1.82, 2.24) is 15.1 Å². The smallest absolute Gasteiger partial charge is 0.269 e. The Morgan fingerprint density at radius 3 is 2.68 bits per heavy atom. The zero-order valence-corrected chi connectivity index (χ0v) is 12.1. The SMILES string of the molecule is O=[N+]([O-])c1ccc(-c2noc(CSc3ccccn3)n2)cc1. The summed E-state index contributed by atoms with van der Waals surface area (Å²) in [4.78, 5) is 18.6. The van der Waals surface area contributed by atoms with Gasteiger partial charge in [-0.2, -0.15) is 4.98 Å². The first-order valence-electron chi connectivity index (χ1n) is 6.33. The summed E-state index contributed by atoms with van der Waals surface area (Å²) >= 11 is 1.49. The molecule has 0 fully saturated rings. The molecule has 110 valence electrons. The van der Waals surface area contributed by atoms with Gasteiger partial charge in [0, 0.05) is 23.9 Å². The van der Waals surface area contributed by atoms with Crippen LogP contribution in [0.3, 0.4) is 0 Å². The second-order valence-corrected chi connectivity index (χ2v) is 5.27. The molecule has 1 aromatic carbocycles. The van der Waals surface area contributed by atoms with Gasteiger partial charge in [0.15, 0.2) is 0 Å². The van der Waals surface area contributed by atoms with E-state index >= 15 is 0 Å². The summed E-state index contributed by atoms with van der Waals surface area (Å²) in [7, 11) is 0. The van der Waals surface area contributed by atoms with Gasteiger partial charge in [-0.05, 0) is 24.3 Å². The first-order valence-corrected chi connectivity index (χ1v) is 7.32. The molecule has 3 rings (SSSR count). The van der Waals surface area contributed by atoms with Crippen LogP contribution in [0.4, 0.5) is 5.69 Å². The quantitative estimate of drug-likeness (QED) is 0.405. The predicted molar refractivity (Wildman–Crippen MR) is 80.2 cm³/mol. The minimum Gasteiger partial charge on any atom is -0.338 e. The normalized spacial score (nSPS) is 10.5. The number of rotatable bonds is 5. The fraction of sp³-hybridized carbons (Fsp3) is 0.0714. The van der Waals surface area contributed by atoms with Crippen LogP contribution in [0, 0.1) is 10.1 Å². The number of pyridine rings is 1. The number of aromatic nitrogens is 3. The average Bonchev–Trinajstić information content (AvgIpc) is 3.03. The molecule has 0 N–H and O–H groups in total. The highest BCUT2D eigenvalue weighted by atomic mass is 32.2. The molecule has 0 spiro atoms. The van der Waals surface area contributed by atoms with Crippen LogP contribution in [0.1, 0.15) is 5.89 Å². The minimum absolute atomic E-state index is 0.0261. The van der Waals surface area contributed by atoms with Crippen molar-refractivity contribution >= 4 is 17.4 Å². The van der Waals surface area contributed by atoms with Crippen molar-refractivity contribution in [3.8, 4) is 11.4 Å². The third-order valence-electron chi connectivity index (χ3n) is 2.79. The van der Waals surface area contributed by atoms with Gasteiger partial charge in [-0.3, -0.25) is 10.1 Å². The molecule has 2 heterocycles. The lowest BCUT2D eigenvalue weighted by molar-refractivity contribution is -0.384. The van der Waals surface area contributed by atoms with Crippen LogP contribution in [0.15, 0.2) is 58.2 Å². The van der Waals surface area contributed by atoms with Crippen LogP contribution in [0.2, 0.25) is 0 Å². The number of nitro groups is 1. The van der Waals surface area contributed by atoms with Gasteiger partial charge in [-0.25, -0.2) is 4.98 Å². The Kier molecular flexibility index (Phi) is 4.10. The molecule has 7 nitrogen and oxygen atoms in total. The van der Waals surface area contributed by atoms with Crippen molar-refractivity contribution in [3.05, 3.63) is 64.7 Å². The maximum Gasteiger partial charge on any atom is 0.269 e. The first kappa shape index (κ1) is 14.2. The number of nitrogens with zero attached hydrogens (tertiary/aromatic N) is 4. The third-order valence-corrected chi connectivity index (χ3v) is 3.71. The number of thioether (sulfide) groups is 1. The second-order valence-electron chi connectivity index (χ2n) is 4.27. The minimum atomic E-state index is -0.449. The van der Waals surface area contributed by atoms with Gasteiger partial charge in [0.2, 0.25) is 11.7 Å². The third kappa shape index (κ3) is 3.29. The molecule has 0 saturated carbocycles. The molecule has 0 unspecified atom stereocenters. The molecular weight excluding hydrogens is 304 g/mol. The zero-order chi connectivity index (χ0) is 15.4. The molecule has 0 aliphatic rings. The Hall–Kier alpha value is -2.74. The summed E-state index contributed by atoms with van der Waals surface area (Å²) in [6.07, 6.45) is 1.72. The molecule has 2 aromatic heterocycles. The highest BCUT2D eigenvalue weighted by molar-refractivity contribution is 7.98. The highest BCUT2D eigenvalue weighted by Crippen LogP contribution is 2.23. The monoisotopic (exact) mass is 314 g/mol. The standard InChI is InChI=1S/C14H10N4O3S/c19-18(20)11-6-4-10(5-7-11)14-16-12(21-17-14)9-22-13-3-1-2-8-15-13/h1-8H,9H2. The molecule has 0 bridgehead atoms. The number of nitro benzene ring substituents is 1. The number of hydrogen-bond acceptors (Lipinski definition) is 7. The average molecular weight is 314 g/mol. The van der Waals surface area contributed by atoms with Crippen molar-refractivity contribution in [1.29, 1.82) is 0 Å². The Labute approximate surface area is 129 Å². The Morgan fingerprint density at radius 1 is 1.18 bits per heavy atom. The van der Waals surface area contributed by atoms with E-state index in [2.05, 4.69) is 15.1 Å². The van der Waals surface area contributed by atoms with E-state index in [1.807, 2.05) is 18.2 Å². The summed E-state index contributed by atoms with van der Waals surface area (Å²) in [5, 5.41) is 15.4. The van der Waals surface area contributed by atoms with Gasteiger partial charge in [-0.1, -0.05) is 23.0 Å². The van der Waals surface area contributed by atoms with Crippen LogP contribution in [0.5, 0.6) is 0 Å². The Morgan fingerprint density at radius 2 is 2.00 bits per heavy atom. The maximum atomic E-state index is 10.6. The molecule has 0 amide bonds. The summed E-state index contributed by atoms with van der Waals surface area (Å²) < 4.78 is 5.17. The van der Waals surface area contributed by atoms with Crippen LogP contribution < -0.4 is 0 Å². The number of benzene rings is 1. The Bertz CT molecular complexity index is 774. The zero-order valence-electron chi connectivity index (χ0n) is 11.2. The van der Waals surface area contributed by atoms with Crippen LogP contribution in [0.25, 0.3) is 11.4 Å². The Balaban J connectivity index is 1.69. The molecule has 0 aliphatic heterocycles. The second kappa shape index (κ2) is 6.35. The molecule has 0 aliphatic carbocycles. The van der Waals surface area contributed by atoms with Crippen LogP contribution >= 0.6 is 11.8 Å². The van der Waals surface area contributed by atoms with E-state index in [9.17, 15) is 10.1 Å². The topological polar surface area (TPSA) is 95.0 Å². The van der Waals surface area contributed by atoms with Gasteiger partial charge in [0.05, 0.1) is 15.7 Å². The van der Waals surface area contributed by atoms with E-state index in [0.717, 1.165) is 5.03 Å². The van der Waals surface area contributed by atoms with E-state index < -0.39 is 4.92 Å². The summed E-state index contributed by atoms with van der Waals surface area (Å²) in [6, 6.07) is 11.7. The van der Waals surface area contributed by atoms with Crippen LogP contribution in [-0.2, 0) is 5.75 Å². The number of hydrogen-bond donors (Lipinski definition) is 0. The number of non-ortho nitro benzene ring substituents is 1. The molecule has 0 atom stereocenters. The summed E-state index contributed by atoms with van der Waals surface area (Å²) in [5.41, 5.74) is 0.696. The molecule has 22 heavy (non-hydrogen) atoms. The first-order chi connectivity index (χ1) is 10.7. The van der Waals surface area contributed by atoms with Gasteiger partial charge in [0.25, 0.3) is 5.69 Å². The maximum absolute atomic E-state index is 10.6. The molecule has 0 radical (unpaired) electrons. The van der Waals surface area contributed by atoms with Crippen LogP contribution in [-0.4, -0.2) is 20.0 Å². The van der Waals surface area contributed by atoms with Crippen molar-refractivity contribution in [2.24, 2.45) is 0 Å². The van der Waals surface area contributed by atoms with E-state index in [1.165, 1.54) is 23.9 Å². The largest absolute Gasteiger partial charge is 0.338 e. The molecule has 8 heteroatoms. The highest BCUT2D eigenvalue weighted by Gasteiger charge is 2.11. The van der Waals surface area contributed by atoms with Crippen molar-refractivity contribution < 1.29 is 9.45 Å². The van der Waals surface area contributed by atoms with E-state index in [-0.39, 0.29) is 5.69 Å². The van der Waals surface area contributed by atoms with Gasteiger partial charge >= 0.3 is 0 Å².